The van der Waals surface area contributed by atoms with Crippen molar-refractivity contribution in [2.75, 3.05) is 30.4 Å². The quantitative estimate of drug-likeness (QED) is 0.0963. The average Bonchev–Trinajstić information content (AvgIpc) is 3.54. The number of aromatic nitrogens is 2. The van der Waals surface area contributed by atoms with Crippen LogP contribution in [0.5, 0.6) is 0 Å². The number of carboxylic acids is 1. The highest BCUT2D eigenvalue weighted by atomic mass is 32.1. The number of nitrogens with one attached hydrogen (secondary N) is 2. The Morgan fingerprint density at radius 2 is 1.78 bits per heavy atom. The van der Waals surface area contributed by atoms with Crippen molar-refractivity contribution in [1.82, 2.24) is 15.4 Å². The highest BCUT2D eigenvalue weighted by Gasteiger charge is 2.66. The van der Waals surface area contributed by atoms with Gasteiger partial charge in [0.2, 0.25) is 0 Å². The van der Waals surface area contributed by atoms with Gasteiger partial charge in [0.05, 0.1) is 27.5 Å². The molecule has 1 amide bonds. The topological polar surface area (TPSA) is 179 Å². The Bertz CT molecular complexity index is 2290. The number of carboxylic acid groups (broad SMARTS) is 1. The minimum absolute atomic E-state index is 0.0199. The van der Waals surface area contributed by atoms with Crippen molar-refractivity contribution in [3.05, 3.63) is 88.2 Å². The number of thiazole rings is 1. The predicted octanol–water partition coefficient (Wildman–Crippen LogP) is 7.11. The molecule has 1 aliphatic heterocycles. The lowest BCUT2D eigenvalue weighted by Crippen LogP contribution is -2.65. The molecule has 5 aliphatic rings. The number of rotatable bonds is 10. The minimum atomic E-state index is -1.18. The van der Waals surface area contributed by atoms with E-state index in [1.54, 1.807) is 24.3 Å². The molecule has 2 atom stereocenters. The largest absolute Gasteiger partial charge is 0.476 e. The predicted molar refractivity (Wildman–Crippen MR) is 214 cm³/mol. The number of anilines is 2. The smallest absolute Gasteiger partial charge is 0.355 e. The van der Waals surface area contributed by atoms with E-state index in [0.29, 0.717) is 64.0 Å². The van der Waals surface area contributed by atoms with E-state index in [1.165, 1.54) is 24.0 Å². The summed E-state index contributed by atoms with van der Waals surface area (Å²) in [5, 5.41) is 23.8. The van der Waals surface area contributed by atoms with Crippen LogP contribution in [0.4, 0.5) is 10.9 Å². The van der Waals surface area contributed by atoms with Gasteiger partial charge >= 0.3 is 5.97 Å². The zero-order valence-corrected chi connectivity index (χ0v) is 32.5. The lowest BCUT2D eigenvalue weighted by Gasteiger charge is -2.68. The molecule has 55 heavy (non-hydrogen) atoms. The number of aliphatic imine (C=N–C) groups is 1. The minimum Gasteiger partial charge on any atom is -0.476 e. The molecule has 4 saturated carbocycles. The molecule has 4 bridgehead atoms. The van der Waals surface area contributed by atoms with E-state index in [9.17, 15) is 20.0 Å². The number of pyridine rings is 1. The van der Waals surface area contributed by atoms with E-state index in [-0.39, 0.29) is 40.0 Å². The molecule has 4 aromatic rings. The normalized spacial score (nSPS) is 27.2. The van der Waals surface area contributed by atoms with Gasteiger partial charge in [-0.3, -0.25) is 19.9 Å². The highest BCUT2D eigenvalue weighted by Crippen LogP contribution is 2.71. The summed E-state index contributed by atoms with van der Waals surface area (Å²) in [6, 6.07) is 16.8. The van der Waals surface area contributed by atoms with E-state index in [1.807, 2.05) is 43.1 Å². The number of nitrogens with zero attached hydrogens (tertiary/aromatic N) is 5. The lowest BCUT2D eigenvalue weighted by atomic mass is 9.39. The third-order valence-electron chi connectivity index (χ3n) is 12.2. The third kappa shape index (κ3) is 6.66. The Hall–Kier alpha value is -5.16. The Kier molecular flexibility index (Phi) is 9.06. The van der Waals surface area contributed by atoms with Crippen LogP contribution in [0.25, 0.3) is 15.8 Å². The molecule has 3 heterocycles. The molecule has 0 saturated heterocycles. The van der Waals surface area contributed by atoms with E-state index < -0.39 is 5.97 Å². The Balaban J connectivity index is 1.05. The number of hydrogen-bond acceptors (Lipinski definition) is 11. The number of hydroxylamine groups is 1. The fourth-order valence-electron chi connectivity index (χ4n) is 11.4. The Labute approximate surface area is 324 Å². The summed E-state index contributed by atoms with van der Waals surface area (Å²) in [4.78, 5) is 49.1. The maximum atomic E-state index is 13.7. The van der Waals surface area contributed by atoms with Crippen LogP contribution in [-0.2, 0) is 17.8 Å². The van der Waals surface area contributed by atoms with Crippen LogP contribution < -0.4 is 21.4 Å². The summed E-state index contributed by atoms with van der Waals surface area (Å²) in [7, 11) is 1.84. The van der Waals surface area contributed by atoms with Gasteiger partial charge in [-0.1, -0.05) is 37.3 Å². The average molecular weight is 759 g/mol. The monoisotopic (exact) mass is 758 g/mol. The number of benzene rings is 2. The van der Waals surface area contributed by atoms with Crippen LogP contribution in [-0.4, -0.2) is 58.4 Å². The second kappa shape index (κ2) is 13.5. The highest BCUT2D eigenvalue weighted by molar-refractivity contribution is 7.22. The maximum Gasteiger partial charge on any atom is 0.355 e. The first-order valence-electron chi connectivity index (χ1n) is 18.8. The van der Waals surface area contributed by atoms with Crippen molar-refractivity contribution in [3.8, 4) is 6.07 Å². The van der Waals surface area contributed by atoms with Gasteiger partial charge in [0, 0.05) is 55.3 Å². The first-order chi connectivity index (χ1) is 26.3. The van der Waals surface area contributed by atoms with Gasteiger partial charge in [0.25, 0.3) is 5.91 Å². The fourth-order valence-corrected chi connectivity index (χ4v) is 12.2. The fraction of sp³-hybridized carbons (Fsp3) is 0.429. The van der Waals surface area contributed by atoms with Crippen molar-refractivity contribution in [2.45, 2.75) is 77.9 Å². The van der Waals surface area contributed by atoms with E-state index in [0.717, 1.165) is 47.9 Å². The molecule has 2 aromatic carbocycles. The number of carbonyl (C=O) groups is 2. The zero-order chi connectivity index (χ0) is 38.8. The summed E-state index contributed by atoms with van der Waals surface area (Å²) < 4.78 is 0.961. The lowest BCUT2D eigenvalue weighted by molar-refractivity contribution is -0.259. The number of para-hydroxylation sites is 1. The van der Waals surface area contributed by atoms with Crippen molar-refractivity contribution < 1.29 is 19.5 Å². The SMILES string of the molecule is CNOC12CC3(C)CC(C)(CC(CN=C(C)C(=CN)c4ccc(N5CCc6c(C#N)ccc(C(=O)Nc7nc8ccccc8s7)c6C5)nc4C(=O)O)(C3)C1)C2. The molecule has 5 N–H and O–H groups in total. The number of carbonyl (C=O) groups excluding carboxylic acids is 1. The molecule has 4 fully saturated rings. The summed E-state index contributed by atoms with van der Waals surface area (Å²) in [5.74, 6) is -1.06. The number of allylic oxidation sites excluding steroid dienone is 1. The second-order valence-electron chi connectivity index (χ2n) is 16.9. The van der Waals surface area contributed by atoms with Gasteiger partial charge in [-0.2, -0.15) is 5.26 Å². The molecule has 0 spiro atoms. The second-order valence-corrected chi connectivity index (χ2v) is 17.9. The molecule has 4 aliphatic carbocycles. The first-order valence-corrected chi connectivity index (χ1v) is 19.6. The van der Waals surface area contributed by atoms with Crippen molar-refractivity contribution in [2.24, 2.45) is 27.0 Å². The molecule has 0 radical (unpaired) electrons. The Morgan fingerprint density at radius 3 is 2.47 bits per heavy atom. The van der Waals surface area contributed by atoms with Crippen LogP contribution in [0.1, 0.15) is 102 Å². The number of amides is 1. The van der Waals surface area contributed by atoms with Gasteiger partial charge < -0.3 is 15.7 Å². The summed E-state index contributed by atoms with van der Waals surface area (Å²) in [5.41, 5.74) is 14.0. The number of fused-ring (bicyclic) bond motifs is 2. The Morgan fingerprint density at radius 1 is 1.04 bits per heavy atom. The molecule has 9 rings (SSSR count). The standard InChI is InChI=1S/C42H46N8O4S/c1-25(46-24-41-19-39(2)18-40(3,20-41)22-42(21-39,23-41)54-45-4)30(16-44)28-11-12-34(48-35(28)37(52)53)50-14-13-27-26(15-43)9-10-29(31(27)17-50)36(51)49-38-47-32-7-5-6-8-33(32)55-38/h5-12,16,45H,13-14,17-24,44H2,1-4H3,(H,52,53)(H,47,49,51). The number of hydrogen-bond donors (Lipinski definition) is 4. The van der Waals surface area contributed by atoms with Gasteiger partial charge in [0.15, 0.2) is 10.8 Å². The van der Waals surface area contributed by atoms with Crippen LogP contribution in [0.3, 0.4) is 0 Å². The van der Waals surface area contributed by atoms with Gasteiger partial charge in [-0.15, -0.1) is 0 Å². The summed E-state index contributed by atoms with van der Waals surface area (Å²) in [6.45, 7) is 8.02. The van der Waals surface area contributed by atoms with Gasteiger partial charge in [-0.05, 0) is 116 Å². The van der Waals surface area contributed by atoms with E-state index in [2.05, 4.69) is 40.7 Å². The molecule has 284 valence electrons. The number of nitriles is 1. The zero-order valence-electron chi connectivity index (χ0n) is 31.7. The number of nitrogens with two attached hydrogens (primary N) is 1. The van der Waals surface area contributed by atoms with Crippen LogP contribution in [0, 0.1) is 27.6 Å². The number of aromatic carboxylic acids is 1. The van der Waals surface area contributed by atoms with E-state index in [4.69, 9.17) is 15.6 Å². The van der Waals surface area contributed by atoms with Crippen LogP contribution in [0.2, 0.25) is 0 Å². The molecular formula is C42H46N8O4S. The first kappa shape index (κ1) is 36.8. The molecule has 2 unspecified atom stereocenters. The third-order valence-corrected chi connectivity index (χ3v) is 13.1. The molecular weight excluding hydrogens is 713 g/mol. The van der Waals surface area contributed by atoms with Crippen LogP contribution >= 0.6 is 11.3 Å². The molecule has 2 aromatic heterocycles. The summed E-state index contributed by atoms with van der Waals surface area (Å²) >= 11 is 1.39. The molecule has 13 heteroatoms. The van der Waals surface area contributed by atoms with Crippen molar-refractivity contribution >= 4 is 55.7 Å². The molecule has 12 nitrogen and oxygen atoms in total. The van der Waals surface area contributed by atoms with Crippen molar-refractivity contribution in [1.29, 1.82) is 5.26 Å². The summed E-state index contributed by atoms with van der Waals surface area (Å²) in [6.07, 6.45) is 8.26. The van der Waals surface area contributed by atoms with Crippen molar-refractivity contribution in [3.63, 3.8) is 0 Å². The van der Waals surface area contributed by atoms with Gasteiger partial charge in [-0.25, -0.2) is 20.2 Å². The van der Waals surface area contributed by atoms with E-state index >= 15 is 0 Å². The van der Waals surface area contributed by atoms with Gasteiger partial charge in [0.1, 0.15) is 5.82 Å². The van der Waals surface area contributed by atoms with Crippen LogP contribution in [0.15, 0.2) is 59.7 Å². The maximum absolute atomic E-state index is 13.7.